The van der Waals surface area contributed by atoms with Gasteiger partial charge in [0.1, 0.15) is 6.04 Å². The van der Waals surface area contributed by atoms with Crippen LogP contribution in [0.15, 0.2) is 109 Å². The monoisotopic (exact) mass is 481 g/mol. The minimum Gasteiger partial charge on any atom is -0.467 e. The smallest absolute Gasteiger partial charge is 0.345 e. The van der Waals surface area contributed by atoms with Crippen LogP contribution in [-0.4, -0.2) is 18.2 Å². The summed E-state index contributed by atoms with van der Waals surface area (Å²) in [5.41, 5.74) is 2.62. The SMILES string of the molecule is COC(=O)C(O)(c1cccc(Cl)c1)C1c2ccccc2C=C(c2ccccc2)N1c1ccccc1. The van der Waals surface area contributed by atoms with E-state index in [4.69, 9.17) is 16.3 Å². The van der Waals surface area contributed by atoms with E-state index in [1.807, 2.05) is 89.8 Å². The minimum absolute atomic E-state index is 0.354. The number of rotatable bonds is 5. The highest BCUT2D eigenvalue weighted by Gasteiger charge is 2.53. The van der Waals surface area contributed by atoms with Crippen molar-refractivity contribution in [2.45, 2.75) is 11.6 Å². The summed E-state index contributed by atoms with van der Waals surface area (Å²) in [6.07, 6.45) is 2.09. The van der Waals surface area contributed by atoms with Gasteiger partial charge >= 0.3 is 5.97 Å². The molecule has 0 fully saturated rings. The van der Waals surface area contributed by atoms with Gasteiger partial charge in [-0.05, 0) is 52.6 Å². The van der Waals surface area contributed by atoms with Crippen molar-refractivity contribution in [1.29, 1.82) is 0 Å². The Balaban J connectivity index is 1.85. The largest absolute Gasteiger partial charge is 0.467 e. The second-order valence-electron chi connectivity index (χ2n) is 8.40. The zero-order valence-corrected chi connectivity index (χ0v) is 19.9. The number of halogens is 1. The molecule has 5 heteroatoms. The van der Waals surface area contributed by atoms with E-state index in [2.05, 4.69) is 6.08 Å². The van der Waals surface area contributed by atoms with Gasteiger partial charge in [-0.1, -0.05) is 96.5 Å². The second kappa shape index (κ2) is 9.41. The summed E-state index contributed by atoms with van der Waals surface area (Å²) in [7, 11) is 1.29. The van der Waals surface area contributed by atoms with Gasteiger partial charge in [-0.3, -0.25) is 0 Å². The topological polar surface area (TPSA) is 49.8 Å². The third-order valence-corrected chi connectivity index (χ3v) is 6.60. The Kier molecular flexibility index (Phi) is 6.16. The highest BCUT2D eigenvalue weighted by molar-refractivity contribution is 6.30. The molecule has 0 aromatic heterocycles. The maximum absolute atomic E-state index is 13.5. The number of aliphatic hydroxyl groups is 1. The Bertz CT molecular complexity index is 1390. The van der Waals surface area contributed by atoms with Crippen LogP contribution in [0.4, 0.5) is 5.69 Å². The molecule has 1 heterocycles. The molecular weight excluding hydrogens is 458 g/mol. The van der Waals surface area contributed by atoms with Crippen LogP contribution in [0, 0.1) is 0 Å². The third kappa shape index (κ3) is 4.01. The van der Waals surface area contributed by atoms with E-state index < -0.39 is 17.6 Å². The molecular formula is C30H24ClNO3. The van der Waals surface area contributed by atoms with Crippen molar-refractivity contribution in [3.8, 4) is 0 Å². The van der Waals surface area contributed by atoms with Gasteiger partial charge < -0.3 is 14.7 Å². The maximum atomic E-state index is 13.5. The fourth-order valence-electron chi connectivity index (χ4n) is 4.77. The van der Waals surface area contributed by atoms with Gasteiger partial charge in [0, 0.05) is 16.4 Å². The number of nitrogens with zero attached hydrogens (tertiary/aromatic N) is 1. The van der Waals surface area contributed by atoms with Crippen LogP contribution >= 0.6 is 11.6 Å². The summed E-state index contributed by atoms with van der Waals surface area (Å²) < 4.78 is 5.22. The number of carbonyl (C=O) groups excluding carboxylic acids is 1. The van der Waals surface area contributed by atoms with Crippen molar-refractivity contribution in [2.24, 2.45) is 0 Å². The van der Waals surface area contributed by atoms with E-state index in [0.29, 0.717) is 10.6 Å². The average Bonchev–Trinajstić information content (AvgIpc) is 2.92. The fourth-order valence-corrected chi connectivity index (χ4v) is 4.97. The average molecular weight is 482 g/mol. The lowest BCUT2D eigenvalue weighted by Crippen LogP contribution is -2.50. The molecule has 1 aliphatic heterocycles. The molecule has 0 saturated carbocycles. The van der Waals surface area contributed by atoms with Gasteiger partial charge in [0.15, 0.2) is 0 Å². The first-order chi connectivity index (χ1) is 17.0. The van der Waals surface area contributed by atoms with Crippen LogP contribution in [0.5, 0.6) is 0 Å². The van der Waals surface area contributed by atoms with E-state index in [1.54, 1.807) is 24.3 Å². The number of fused-ring (bicyclic) bond motifs is 1. The second-order valence-corrected chi connectivity index (χ2v) is 8.84. The van der Waals surface area contributed by atoms with Gasteiger partial charge in [0.2, 0.25) is 5.60 Å². The fraction of sp³-hybridized carbons (Fsp3) is 0.100. The van der Waals surface area contributed by atoms with Gasteiger partial charge in [-0.2, -0.15) is 0 Å². The van der Waals surface area contributed by atoms with Crippen LogP contribution in [0.2, 0.25) is 5.02 Å². The number of para-hydroxylation sites is 1. The van der Waals surface area contributed by atoms with Gasteiger partial charge in [-0.15, -0.1) is 0 Å². The Labute approximate surface area is 209 Å². The van der Waals surface area contributed by atoms with Crippen LogP contribution in [0.1, 0.15) is 28.3 Å². The van der Waals surface area contributed by atoms with Crippen molar-refractivity contribution in [1.82, 2.24) is 0 Å². The third-order valence-electron chi connectivity index (χ3n) is 6.36. The molecule has 0 radical (unpaired) electrons. The van der Waals surface area contributed by atoms with Crippen LogP contribution in [-0.2, 0) is 15.1 Å². The predicted octanol–water partition coefficient (Wildman–Crippen LogP) is 6.46. The molecule has 174 valence electrons. The zero-order valence-electron chi connectivity index (χ0n) is 19.1. The molecule has 0 saturated heterocycles. The highest BCUT2D eigenvalue weighted by Crippen LogP contribution is 2.50. The molecule has 5 rings (SSSR count). The molecule has 0 aliphatic carbocycles. The summed E-state index contributed by atoms with van der Waals surface area (Å²) in [5, 5.41) is 12.9. The number of carbonyl (C=O) groups is 1. The number of methoxy groups -OCH3 is 1. The molecule has 4 aromatic carbocycles. The lowest BCUT2D eigenvalue weighted by molar-refractivity contribution is -0.166. The molecule has 0 amide bonds. The summed E-state index contributed by atoms with van der Waals surface area (Å²) in [6, 6.07) is 33.4. The molecule has 35 heavy (non-hydrogen) atoms. The Hall–Kier alpha value is -3.86. The maximum Gasteiger partial charge on any atom is 0.345 e. The standard InChI is InChI=1S/C30H24ClNO3/c1-35-29(33)30(34,23-14-10-15-24(31)20-23)28-26-18-9-8-13-22(26)19-27(21-11-4-2-5-12-21)32(28)25-16-6-3-7-17-25/h2-20,28,34H,1H3. The summed E-state index contributed by atoms with van der Waals surface area (Å²) >= 11 is 6.33. The lowest BCUT2D eigenvalue weighted by atomic mass is 9.77. The summed E-state index contributed by atoms with van der Waals surface area (Å²) in [6.45, 7) is 0. The van der Waals surface area contributed by atoms with Crippen molar-refractivity contribution >= 4 is 35.0 Å². The van der Waals surface area contributed by atoms with Gasteiger partial charge in [0.05, 0.1) is 7.11 Å². The molecule has 0 bridgehead atoms. The van der Waals surface area contributed by atoms with E-state index in [1.165, 1.54) is 7.11 Å². The van der Waals surface area contributed by atoms with E-state index in [-0.39, 0.29) is 0 Å². The first-order valence-electron chi connectivity index (χ1n) is 11.3. The normalized spacial score (nSPS) is 16.6. The number of hydrogen-bond donors (Lipinski definition) is 1. The number of hydrogen-bond acceptors (Lipinski definition) is 4. The quantitative estimate of drug-likeness (QED) is 0.332. The Morgan fingerprint density at radius 1 is 0.886 bits per heavy atom. The van der Waals surface area contributed by atoms with Gasteiger partial charge in [0.25, 0.3) is 0 Å². The molecule has 2 unspecified atom stereocenters. The van der Waals surface area contributed by atoms with Crippen molar-refractivity contribution in [3.63, 3.8) is 0 Å². The Morgan fingerprint density at radius 3 is 2.23 bits per heavy atom. The van der Waals surface area contributed by atoms with E-state index in [9.17, 15) is 9.90 Å². The van der Waals surface area contributed by atoms with Crippen LogP contribution in [0.3, 0.4) is 0 Å². The number of esters is 1. The van der Waals surface area contributed by atoms with Crippen molar-refractivity contribution in [3.05, 3.63) is 136 Å². The van der Waals surface area contributed by atoms with Crippen LogP contribution in [0.25, 0.3) is 11.8 Å². The van der Waals surface area contributed by atoms with Crippen molar-refractivity contribution < 1.29 is 14.6 Å². The minimum atomic E-state index is -2.07. The van der Waals surface area contributed by atoms with Crippen molar-refractivity contribution in [2.75, 3.05) is 12.0 Å². The first kappa shape index (κ1) is 22.9. The molecule has 0 spiro atoms. The number of ether oxygens (including phenoxy) is 1. The number of anilines is 1. The molecule has 2 atom stereocenters. The predicted molar refractivity (Wildman–Crippen MR) is 140 cm³/mol. The first-order valence-corrected chi connectivity index (χ1v) is 11.7. The molecule has 1 aliphatic rings. The molecule has 4 aromatic rings. The van der Waals surface area contributed by atoms with Crippen LogP contribution < -0.4 is 4.90 Å². The van der Waals surface area contributed by atoms with Gasteiger partial charge in [-0.25, -0.2) is 4.79 Å². The highest BCUT2D eigenvalue weighted by atomic mass is 35.5. The van der Waals surface area contributed by atoms with E-state index in [0.717, 1.165) is 28.1 Å². The summed E-state index contributed by atoms with van der Waals surface area (Å²) in [5.74, 6) is -0.769. The molecule has 1 N–H and O–H groups in total. The van der Waals surface area contributed by atoms with E-state index >= 15 is 0 Å². The lowest BCUT2D eigenvalue weighted by Gasteiger charge is -2.46. The molecule has 4 nitrogen and oxygen atoms in total. The summed E-state index contributed by atoms with van der Waals surface area (Å²) in [4.78, 5) is 15.5. The Morgan fingerprint density at radius 2 is 1.54 bits per heavy atom. The number of benzene rings is 4. The zero-order chi connectivity index (χ0) is 24.4.